The quantitative estimate of drug-likeness (QED) is 0.611. The Kier molecular flexibility index (Phi) is 6.69. The molecule has 29 heavy (non-hydrogen) atoms. The molecule has 6 nitrogen and oxygen atoms in total. The first-order valence-electron chi connectivity index (χ1n) is 8.70. The number of carbonyl (C=O) groups excluding carboxylic acids is 2. The van der Waals surface area contributed by atoms with Gasteiger partial charge in [0.25, 0.3) is 11.5 Å². The average Bonchev–Trinajstić information content (AvgIpc) is 2.71. The van der Waals surface area contributed by atoms with Crippen molar-refractivity contribution < 1.29 is 9.59 Å². The van der Waals surface area contributed by atoms with Crippen LogP contribution >= 0.6 is 23.2 Å². The third-order valence-corrected chi connectivity index (χ3v) is 4.86. The zero-order chi connectivity index (χ0) is 20.8. The summed E-state index contributed by atoms with van der Waals surface area (Å²) in [6, 6.07) is 17.1. The molecule has 0 aliphatic heterocycles. The van der Waals surface area contributed by atoms with Crippen LogP contribution in [0.4, 0.5) is 0 Å². The van der Waals surface area contributed by atoms with Gasteiger partial charge in [-0.1, -0.05) is 59.6 Å². The zero-order valence-electron chi connectivity index (χ0n) is 15.2. The van der Waals surface area contributed by atoms with E-state index in [2.05, 4.69) is 10.9 Å². The summed E-state index contributed by atoms with van der Waals surface area (Å²) >= 11 is 11.9. The number of rotatable bonds is 5. The van der Waals surface area contributed by atoms with Crippen LogP contribution in [0.15, 0.2) is 71.7 Å². The van der Waals surface area contributed by atoms with Crippen molar-refractivity contribution in [2.45, 2.75) is 13.0 Å². The molecule has 0 saturated carbocycles. The number of amides is 2. The minimum atomic E-state index is -0.695. The Morgan fingerprint density at radius 2 is 1.62 bits per heavy atom. The van der Waals surface area contributed by atoms with E-state index in [0.717, 1.165) is 11.1 Å². The minimum absolute atomic E-state index is 0.0902. The highest BCUT2D eigenvalue weighted by molar-refractivity contribution is 6.42. The molecule has 0 saturated heterocycles. The maximum atomic E-state index is 12.6. The largest absolute Gasteiger partial charge is 0.310 e. The van der Waals surface area contributed by atoms with Crippen LogP contribution in [-0.4, -0.2) is 16.4 Å². The molecule has 0 unspecified atom stereocenters. The van der Waals surface area contributed by atoms with Crippen LogP contribution in [0.1, 0.15) is 21.5 Å². The molecule has 1 aromatic heterocycles. The number of halogens is 2. The number of hydrogen-bond donors (Lipinski definition) is 2. The van der Waals surface area contributed by atoms with Gasteiger partial charge in [-0.2, -0.15) is 0 Å². The van der Waals surface area contributed by atoms with Crippen LogP contribution in [0.2, 0.25) is 10.0 Å². The van der Waals surface area contributed by atoms with Crippen LogP contribution in [0.5, 0.6) is 0 Å². The third kappa shape index (κ3) is 5.47. The number of carbonyl (C=O) groups is 2. The van der Waals surface area contributed by atoms with Crippen molar-refractivity contribution in [1.82, 2.24) is 15.4 Å². The normalized spacial score (nSPS) is 10.4. The van der Waals surface area contributed by atoms with Crippen molar-refractivity contribution >= 4 is 35.0 Å². The van der Waals surface area contributed by atoms with E-state index in [4.69, 9.17) is 23.2 Å². The van der Waals surface area contributed by atoms with Crippen LogP contribution in [-0.2, 0) is 17.8 Å². The number of aromatic nitrogens is 1. The smallest absolute Gasteiger partial charge is 0.275 e. The highest BCUT2D eigenvalue weighted by Gasteiger charge is 2.13. The van der Waals surface area contributed by atoms with E-state index in [1.807, 2.05) is 18.2 Å². The maximum Gasteiger partial charge on any atom is 0.275 e. The predicted molar refractivity (Wildman–Crippen MR) is 112 cm³/mol. The molecule has 0 aliphatic carbocycles. The lowest BCUT2D eigenvalue weighted by atomic mass is 10.1. The summed E-state index contributed by atoms with van der Waals surface area (Å²) in [4.78, 5) is 36.9. The van der Waals surface area contributed by atoms with Crippen molar-refractivity contribution in [3.8, 4) is 0 Å². The fourth-order valence-electron chi connectivity index (χ4n) is 2.69. The Hall–Kier alpha value is -3.09. The third-order valence-electron chi connectivity index (χ3n) is 4.12. The molecule has 2 N–H and O–H groups in total. The van der Waals surface area contributed by atoms with Gasteiger partial charge in [0.05, 0.1) is 23.0 Å². The van der Waals surface area contributed by atoms with E-state index in [-0.39, 0.29) is 18.5 Å². The second-order valence-corrected chi connectivity index (χ2v) is 7.08. The summed E-state index contributed by atoms with van der Waals surface area (Å²) in [5.74, 6) is -1.09. The molecule has 3 rings (SSSR count). The molecule has 0 fully saturated rings. The van der Waals surface area contributed by atoms with Crippen LogP contribution < -0.4 is 16.4 Å². The van der Waals surface area contributed by atoms with E-state index in [1.165, 1.54) is 10.6 Å². The van der Waals surface area contributed by atoms with Gasteiger partial charge in [-0.25, -0.2) is 0 Å². The van der Waals surface area contributed by atoms with E-state index >= 15 is 0 Å². The Labute approximate surface area is 177 Å². The lowest BCUT2D eigenvalue weighted by molar-refractivity contribution is -0.121. The maximum absolute atomic E-state index is 12.6. The number of benzene rings is 2. The summed E-state index contributed by atoms with van der Waals surface area (Å²) in [6.07, 6.45) is 1.67. The molecule has 0 aliphatic rings. The first-order valence-corrected chi connectivity index (χ1v) is 9.46. The fourth-order valence-corrected chi connectivity index (χ4v) is 3.01. The molecule has 0 bridgehead atoms. The summed E-state index contributed by atoms with van der Waals surface area (Å²) in [5, 5.41) is 0.800. The first kappa shape index (κ1) is 20.6. The summed E-state index contributed by atoms with van der Waals surface area (Å²) in [6.45, 7) is 0.219. The highest BCUT2D eigenvalue weighted by atomic mass is 35.5. The van der Waals surface area contributed by atoms with Gasteiger partial charge < -0.3 is 4.57 Å². The number of nitrogens with zero attached hydrogens (tertiary/aromatic N) is 1. The Morgan fingerprint density at radius 1 is 0.862 bits per heavy atom. The first-order chi connectivity index (χ1) is 13.9. The van der Waals surface area contributed by atoms with Gasteiger partial charge in [0.15, 0.2) is 0 Å². The lowest BCUT2D eigenvalue weighted by Crippen LogP contribution is -2.44. The van der Waals surface area contributed by atoms with E-state index < -0.39 is 17.4 Å². The summed E-state index contributed by atoms with van der Waals surface area (Å²) in [5.41, 5.74) is 5.58. The van der Waals surface area contributed by atoms with E-state index in [1.54, 1.807) is 42.6 Å². The van der Waals surface area contributed by atoms with Crippen molar-refractivity contribution in [3.63, 3.8) is 0 Å². The van der Waals surface area contributed by atoms with E-state index in [9.17, 15) is 14.4 Å². The molecule has 0 radical (unpaired) electrons. The summed E-state index contributed by atoms with van der Waals surface area (Å²) < 4.78 is 1.38. The van der Waals surface area contributed by atoms with E-state index in [0.29, 0.717) is 10.0 Å². The summed E-state index contributed by atoms with van der Waals surface area (Å²) in [7, 11) is 0. The molecule has 0 spiro atoms. The number of hydrazine groups is 1. The van der Waals surface area contributed by atoms with Gasteiger partial charge in [0.2, 0.25) is 5.91 Å². The molecule has 3 aromatic rings. The molecular weight excluding hydrogens is 413 g/mol. The Balaban J connectivity index is 1.66. The number of hydrogen-bond acceptors (Lipinski definition) is 3. The van der Waals surface area contributed by atoms with Gasteiger partial charge in [-0.3, -0.25) is 25.2 Å². The monoisotopic (exact) mass is 429 g/mol. The minimum Gasteiger partial charge on any atom is -0.310 e. The standard InChI is InChI=1S/C21H17Cl2N3O3/c22-17-9-8-15(11-18(17)23)13-26-10-4-7-16(21(26)29)20(28)25-24-19(27)12-14-5-2-1-3-6-14/h1-11H,12-13H2,(H,24,27)(H,25,28). The van der Waals surface area contributed by atoms with Crippen molar-refractivity contribution in [3.05, 3.63) is 104 Å². The van der Waals surface area contributed by atoms with Crippen LogP contribution in [0, 0.1) is 0 Å². The highest BCUT2D eigenvalue weighted by Crippen LogP contribution is 2.22. The lowest BCUT2D eigenvalue weighted by Gasteiger charge is -2.10. The topological polar surface area (TPSA) is 80.2 Å². The SMILES string of the molecule is O=C(Cc1ccccc1)NNC(=O)c1cccn(Cc2ccc(Cl)c(Cl)c2)c1=O. The Morgan fingerprint density at radius 3 is 2.34 bits per heavy atom. The van der Waals surface area contributed by atoms with Gasteiger partial charge in [-0.05, 0) is 35.4 Å². The molecule has 2 aromatic carbocycles. The molecule has 148 valence electrons. The second-order valence-electron chi connectivity index (χ2n) is 6.27. The zero-order valence-corrected chi connectivity index (χ0v) is 16.7. The molecular formula is C21H17Cl2N3O3. The average molecular weight is 430 g/mol. The fraction of sp³-hybridized carbons (Fsp3) is 0.0952. The van der Waals surface area contributed by atoms with Crippen molar-refractivity contribution in [1.29, 1.82) is 0 Å². The van der Waals surface area contributed by atoms with Gasteiger partial charge >= 0.3 is 0 Å². The molecule has 2 amide bonds. The van der Waals surface area contributed by atoms with Crippen molar-refractivity contribution in [2.75, 3.05) is 0 Å². The number of pyridine rings is 1. The predicted octanol–water partition coefficient (Wildman–Crippen LogP) is 3.21. The molecule has 0 atom stereocenters. The van der Waals surface area contributed by atoms with Gasteiger partial charge in [0, 0.05) is 6.20 Å². The molecule has 8 heteroatoms. The Bertz CT molecular complexity index is 1100. The van der Waals surface area contributed by atoms with Crippen LogP contribution in [0.3, 0.4) is 0 Å². The van der Waals surface area contributed by atoms with Crippen molar-refractivity contribution in [2.24, 2.45) is 0 Å². The van der Waals surface area contributed by atoms with Gasteiger partial charge in [0.1, 0.15) is 5.56 Å². The van der Waals surface area contributed by atoms with Crippen LogP contribution in [0.25, 0.3) is 0 Å². The number of nitrogens with one attached hydrogen (secondary N) is 2. The molecule has 1 heterocycles. The van der Waals surface area contributed by atoms with Gasteiger partial charge in [-0.15, -0.1) is 0 Å². The second kappa shape index (κ2) is 9.41.